The van der Waals surface area contributed by atoms with Gasteiger partial charge in [-0.3, -0.25) is 4.99 Å². The zero-order valence-electron chi connectivity index (χ0n) is 11.0. The average molecular weight is 291 g/mol. The van der Waals surface area contributed by atoms with Crippen LogP contribution in [0.5, 0.6) is 5.75 Å². The number of hydrogen-bond acceptors (Lipinski definition) is 2. The van der Waals surface area contributed by atoms with E-state index < -0.39 is 6.36 Å². The minimum atomic E-state index is -4.72. The van der Waals surface area contributed by atoms with Crippen LogP contribution < -0.4 is 4.74 Å². The summed E-state index contributed by atoms with van der Waals surface area (Å²) in [5, 5.41) is 0. The molecule has 0 bridgehead atoms. The van der Waals surface area contributed by atoms with Gasteiger partial charge in [0.1, 0.15) is 5.75 Å². The summed E-state index contributed by atoms with van der Waals surface area (Å²) in [6, 6.07) is 13.7. The van der Waals surface area contributed by atoms with Crippen molar-refractivity contribution in [1.82, 2.24) is 0 Å². The Morgan fingerprint density at radius 1 is 0.905 bits per heavy atom. The van der Waals surface area contributed by atoms with Crippen molar-refractivity contribution in [3.05, 3.63) is 65.2 Å². The molecule has 0 aromatic heterocycles. The highest BCUT2D eigenvalue weighted by atomic mass is 19.4. The number of hydrogen-bond donors (Lipinski definition) is 0. The molecular formula is C16H12F3NO. The van der Waals surface area contributed by atoms with E-state index >= 15 is 0 Å². The van der Waals surface area contributed by atoms with Gasteiger partial charge in [0.05, 0.1) is 5.71 Å². The Bertz CT molecular complexity index is 692. The van der Waals surface area contributed by atoms with Crippen molar-refractivity contribution in [2.24, 2.45) is 4.99 Å². The Hall–Kier alpha value is -2.30. The summed E-state index contributed by atoms with van der Waals surface area (Å²) >= 11 is 0. The van der Waals surface area contributed by atoms with E-state index in [-0.39, 0.29) is 5.75 Å². The van der Waals surface area contributed by atoms with Gasteiger partial charge in [-0.05, 0) is 24.1 Å². The van der Waals surface area contributed by atoms with Gasteiger partial charge in [-0.2, -0.15) is 0 Å². The van der Waals surface area contributed by atoms with Crippen LogP contribution in [-0.2, 0) is 6.42 Å². The third-order valence-electron chi connectivity index (χ3n) is 3.29. The second-order valence-electron chi connectivity index (χ2n) is 4.68. The Kier molecular flexibility index (Phi) is 3.41. The fourth-order valence-corrected chi connectivity index (χ4v) is 2.45. The molecule has 0 N–H and O–H groups in total. The van der Waals surface area contributed by atoms with E-state index in [1.807, 2.05) is 24.3 Å². The van der Waals surface area contributed by atoms with Crippen LogP contribution in [0.1, 0.15) is 16.7 Å². The maximum Gasteiger partial charge on any atom is 0.573 e. The van der Waals surface area contributed by atoms with Gasteiger partial charge in [0.2, 0.25) is 0 Å². The van der Waals surface area contributed by atoms with Crippen LogP contribution >= 0.6 is 0 Å². The highest BCUT2D eigenvalue weighted by Crippen LogP contribution is 2.30. The van der Waals surface area contributed by atoms with Gasteiger partial charge in [-0.15, -0.1) is 13.2 Å². The van der Waals surface area contributed by atoms with Crippen molar-refractivity contribution >= 4 is 5.71 Å². The number of fused-ring (bicyclic) bond motifs is 1. The third-order valence-corrected chi connectivity index (χ3v) is 3.29. The largest absolute Gasteiger partial charge is 0.573 e. The number of rotatable bonds is 2. The topological polar surface area (TPSA) is 21.6 Å². The molecule has 2 aromatic rings. The molecule has 1 aliphatic heterocycles. The summed E-state index contributed by atoms with van der Waals surface area (Å²) in [7, 11) is 0. The first-order valence-corrected chi connectivity index (χ1v) is 6.52. The number of para-hydroxylation sites is 1. The lowest BCUT2D eigenvalue weighted by molar-refractivity contribution is -0.274. The SMILES string of the molecule is FC(F)(F)Oc1ccccc1C1=NCCc2ccccc21. The minimum Gasteiger partial charge on any atom is -0.405 e. The van der Waals surface area contributed by atoms with Crippen molar-refractivity contribution in [3.8, 4) is 5.75 Å². The normalized spacial score (nSPS) is 14.3. The zero-order chi connectivity index (χ0) is 14.9. The number of benzene rings is 2. The van der Waals surface area contributed by atoms with Crippen molar-refractivity contribution in [3.63, 3.8) is 0 Å². The van der Waals surface area contributed by atoms with E-state index in [0.29, 0.717) is 17.8 Å². The van der Waals surface area contributed by atoms with Gasteiger partial charge < -0.3 is 4.74 Å². The molecule has 0 saturated heterocycles. The van der Waals surface area contributed by atoms with Gasteiger partial charge in [0.25, 0.3) is 0 Å². The summed E-state index contributed by atoms with van der Waals surface area (Å²) in [5.74, 6) is -0.222. The molecular weight excluding hydrogens is 279 g/mol. The Morgan fingerprint density at radius 2 is 1.57 bits per heavy atom. The molecule has 3 rings (SSSR count). The van der Waals surface area contributed by atoms with Gasteiger partial charge in [-0.1, -0.05) is 36.4 Å². The fraction of sp³-hybridized carbons (Fsp3) is 0.188. The molecule has 1 aliphatic rings. The Labute approximate surface area is 119 Å². The highest BCUT2D eigenvalue weighted by molar-refractivity contribution is 6.15. The van der Waals surface area contributed by atoms with E-state index in [2.05, 4.69) is 9.73 Å². The second-order valence-corrected chi connectivity index (χ2v) is 4.68. The predicted molar refractivity (Wildman–Crippen MR) is 73.8 cm³/mol. The maximum atomic E-state index is 12.5. The van der Waals surface area contributed by atoms with Crippen molar-refractivity contribution in [2.45, 2.75) is 12.8 Å². The molecule has 2 aromatic carbocycles. The predicted octanol–water partition coefficient (Wildman–Crippen LogP) is 3.98. The fourth-order valence-electron chi connectivity index (χ4n) is 2.45. The molecule has 1 heterocycles. The first kappa shape index (κ1) is 13.7. The molecule has 0 amide bonds. The van der Waals surface area contributed by atoms with Crippen LogP contribution in [0.25, 0.3) is 0 Å². The number of ether oxygens (including phenoxy) is 1. The number of halogens is 3. The van der Waals surface area contributed by atoms with Crippen LogP contribution in [0.2, 0.25) is 0 Å². The lowest BCUT2D eigenvalue weighted by atomic mass is 9.93. The van der Waals surface area contributed by atoms with Crippen molar-refractivity contribution in [2.75, 3.05) is 6.54 Å². The molecule has 0 saturated carbocycles. The van der Waals surface area contributed by atoms with E-state index in [4.69, 9.17) is 0 Å². The van der Waals surface area contributed by atoms with E-state index in [0.717, 1.165) is 17.5 Å². The van der Waals surface area contributed by atoms with E-state index in [1.54, 1.807) is 12.1 Å². The lowest BCUT2D eigenvalue weighted by Crippen LogP contribution is -2.20. The van der Waals surface area contributed by atoms with Gasteiger partial charge in [0.15, 0.2) is 0 Å². The van der Waals surface area contributed by atoms with E-state index in [1.165, 1.54) is 12.1 Å². The summed E-state index contributed by atoms with van der Waals surface area (Å²) in [4.78, 5) is 4.40. The molecule has 2 nitrogen and oxygen atoms in total. The number of alkyl halides is 3. The molecule has 108 valence electrons. The maximum absolute atomic E-state index is 12.5. The first-order chi connectivity index (χ1) is 10.0. The van der Waals surface area contributed by atoms with Crippen LogP contribution in [-0.4, -0.2) is 18.6 Å². The lowest BCUT2D eigenvalue weighted by Gasteiger charge is -2.19. The Morgan fingerprint density at radius 3 is 2.33 bits per heavy atom. The summed E-state index contributed by atoms with van der Waals surface area (Å²) in [5.41, 5.74) is 2.87. The smallest absolute Gasteiger partial charge is 0.405 e. The quantitative estimate of drug-likeness (QED) is 0.820. The van der Waals surface area contributed by atoms with E-state index in [9.17, 15) is 13.2 Å². The van der Waals surface area contributed by atoms with Crippen LogP contribution in [0, 0.1) is 0 Å². The molecule has 21 heavy (non-hydrogen) atoms. The van der Waals surface area contributed by atoms with Gasteiger partial charge in [0, 0.05) is 17.7 Å². The van der Waals surface area contributed by atoms with Gasteiger partial charge in [-0.25, -0.2) is 0 Å². The summed E-state index contributed by atoms with van der Waals surface area (Å²) < 4.78 is 41.7. The minimum absolute atomic E-state index is 0.222. The zero-order valence-corrected chi connectivity index (χ0v) is 11.0. The average Bonchev–Trinajstić information content (AvgIpc) is 2.46. The van der Waals surface area contributed by atoms with Crippen molar-refractivity contribution < 1.29 is 17.9 Å². The number of nitrogens with zero attached hydrogens (tertiary/aromatic N) is 1. The second kappa shape index (κ2) is 5.24. The van der Waals surface area contributed by atoms with Crippen LogP contribution in [0.4, 0.5) is 13.2 Å². The molecule has 0 atom stereocenters. The van der Waals surface area contributed by atoms with Gasteiger partial charge >= 0.3 is 6.36 Å². The molecule has 0 unspecified atom stereocenters. The molecule has 0 spiro atoms. The molecule has 5 heteroatoms. The van der Waals surface area contributed by atoms with Crippen molar-refractivity contribution in [1.29, 1.82) is 0 Å². The standard InChI is InChI=1S/C16H12F3NO/c17-16(18,19)21-14-8-4-3-7-13(14)15-12-6-2-1-5-11(12)9-10-20-15/h1-8H,9-10H2. The summed E-state index contributed by atoms with van der Waals surface area (Å²) in [6.07, 6.45) is -3.92. The number of aliphatic imine (C=N–C) groups is 1. The Balaban J connectivity index is 2.07. The summed E-state index contributed by atoms with van der Waals surface area (Å²) in [6.45, 7) is 0.562. The first-order valence-electron chi connectivity index (χ1n) is 6.52. The molecule has 0 radical (unpaired) electrons. The third kappa shape index (κ3) is 2.91. The molecule has 0 fully saturated rings. The highest BCUT2D eigenvalue weighted by Gasteiger charge is 2.33. The molecule has 0 aliphatic carbocycles. The van der Waals surface area contributed by atoms with Crippen LogP contribution in [0.3, 0.4) is 0 Å². The van der Waals surface area contributed by atoms with Crippen LogP contribution in [0.15, 0.2) is 53.5 Å². The monoisotopic (exact) mass is 291 g/mol.